The van der Waals surface area contributed by atoms with E-state index in [0.717, 1.165) is 41.0 Å². The molecule has 0 amide bonds. The van der Waals surface area contributed by atoms with Gasteiger partial charge in [-0.2, -0.15) is 0 Å². The van der Waals surface area contributed by atoms with Crippen LogP contribution in [0.5, 0.6) is 0 Å². The zero-order valence-electron chi connectivity index (χ0n) is 12.5. The number of hydrogen-bond acceptors (Lipinski definition) is 2. The molecule has 3 N–H and O–H groups in total. The molecule has 0 aliphatic carbocycles. The summed E-state index contributed by atoms with van der Waals surface area (Å²) in [6, 6.07) is 13.2. The summed E-state index contributed by atoms with van der Waals surface area (Å²) < 4.78 is 0. The number of benzene rings is 2. The van der Waals surface area contributed by atoms with Crippen molar-refractivity contribution in [1.82, 2.24) is 10.3 Å². The summed E-state index contributed by atoms with van der Waals surface area (Å²) in [7, 11) is 0. The van der Waals surface area contributed by atoms with Crippen molar-refractivity contribution in [2.24, 2.45) is 0 Å². The first-order valence-electron chi connectivity index (χ1n) is 7.55. The van der Waals surface area contributed by atoms with Crippen LogP contribution in [0.4, 0.5) is 0 Å². The maximum atomic E-state index is 11.0. The van der Waals surface area contributed by atoms with Gasteiger partial charge in [-0.1, -0.05) is 30.8 Å². The van der Waals surface area contributed by atoms with Gasteiger partial charge in [0, 0.05) is 34.4 Å². The Labute approximate surface area is 133 Å². The van der Waals surface area contributed by atoms with Gasteiger partial charge in [-0.15, -0.1) is 0 Å². The summed E-state index contributed by atoms with van der Waals surface area (Å²) in [4.78, 5) is 14.5. The molecule has 4 nitrogen and oxygen atoms in total. The molecule has 2 heterocycles. The highest BCUT2D eigenvalue weighted by atomic mass is 16.4. The first-order chi connectivity index (χ1) is 11.1. The Morgan fingerprint density at radius 1 is 1.13 bits per heavy atom. The number of rotatable bonds is 2. The van der Waals surface area contributed by atoms with Crippen molar-refractivity contribution in [2.45, 2.75) is 6.42 Å². The van der Waals surface area contributed by atoms with E-state index >= 15 is 0 Å². The van der Waals surface area contributed by atoms with Crippen LogP contribution in [0.3, 0.4) is 0 Å². The molecule has 0 fully saturated rings. The number of aromatic amines is 1. The van der Waals surface area contributed by atoms with Crippen molar-refractivity contribution < 1.29 is 9.90 Å². The van der Waals surface area contributed by atoms with Gasteiger partial charge in [0.2, 0.25) is 0 Å². The smallest absolute Gasteiger partial charge is 0.335 e. The number of aromatic nitrogens is 1. The average molecular weight is 304 g/mol. The van der Waals surface area contributed by atoms with Crippen molar-refractivity contribution in [3.05, 3.63) is 65.7 Å². The predicted molar refractivity (Wildman–Crippen MR) is 91.4 cm³/mol. The van der Waals surface area contributed by atoms with Crippen LogP contribution in [0.15, 0.2) is 49.0 Å². The number of nitrogens with one attached hydrogen (secondary N) is 2. The number of carboxylic acid groups (broad SMARTS) is 1. The van der Waals surface area contributed by atoms with E-state index in [1.54, 1.807) is 12.1 Å². The minimum atomic E-state index is -0.908. The van der Waals surface area contributed by atoms with E-state index in [9.17, 15) is 4.79 Å². The Bertz CT molecular complexity index is 936. The van der Waals surface area contributed by atoms with Crippen molar-refractivity contribution >= 4 is 22.6 Å². The van der Waals surface area contributed by atoms with Gasteiger partial charge >= 0.3 is 5.97 Å². The molecule has 0 spiro atoms. The van der Waals surface area contributed by atoms with Gasteiger partial charge in [-0.25, -0.2) is 4.79 Å². The third-order valence-electron chi connectivity index (χ3n) is 4.39. The third kappa shape index (κ3) is 2.11. The zero-order valence-corrected chi connectivity index (χ0v) is 12.5. The fourth-order valence-corrected chi connectivity index (χ4v) is 3.28. The third-order valence-corrected chi connectivity index (χ3v) is 4.39. The summed E-state index contributed by atoms with van der Waals surface area (Å²) in [5, 5.41) is 13.6. The Kier molecular flexibility index (Phi) is 2.98. The van der Waals surface area contributed by atoms with E-state index in [0.29, 0.717) is 5.56 Å². The summed E-state index contributed by atoms with van der Waals surface area (Å²) in [5.41, 5.74) is 6.76. The molecular formula is C19H16N2O2. The quantitative estimate of drug-likeness (QED) is 0.677. The van der Waals surface area contributed by atoms with E-state index in [-0.39, 0.29) is 0 Å². The fourth-order valence-electron chi connectivity index (χ4n) is 3.28. The second-order valence-electron chi connectivity index (χ2n) is 5.74. The van der Waals surface area contributed by atoms with E-state index in [1.807, 2.05) is 18.2 Å². The topological polar surface area (TPSA) is 65.1 Å². The molecule has 4 heteroatoms. The van der Waals surface area contributed by atoms with Crippen LogP contribution < -0.4 is 5.32 Å². The van der Waals surface area contributed by atoms with Crippen LogP contribution in [0, 0.1) is 0 Å². The molecule has 3 aromatic rings. The Morgan fingerprint density at radius 3 is 2.65 bits per heavy atom. The maximum Gasteiger partial charge on any atom is 0.335 e. The van der Waals surface area contributed by atoms with Gasteiger partial charge in [0.25, 0.3) is 0 Å². The molecule has 0 saturated heterocycles. The lowest BCUT2D eigenvalue weighted by atomic mass is 9.99. The minimum Gasteiger partial charge on any atom is -0.478 e. The summed E-state index contributed by atoms with van der Waals surface area (Å²) in [6.07, 6.45) is 0.895. The molecule has 1 aromatic heterocycles. The Balaban J connectivity index is 1.94. The number of aromatic carboxylic acids is 1. The van der Waals surface area contributed by atoms with Crippen molar-refractivity contribution in [3.63, 3.8) is 0 Å². The molecule has 0 atom stereocenters. The molecule has 23 heavy (non-hydrogen) atoms. The second kappa shape index (κ2) is 5.02. The minimum absolute atomic E-state index is 0.298. The van der Waals surface area contributed by atoms with Crippen molar-refractivity contribution in [3.8, 4) is 11.3 Å². The lowest BCUT2D eigenvalue weighted by Gasteiger charge is -2.06. The average Bonchev–Trinajstić information content (AvgIpc) is 2.84. The van der Waals surface area contributed by atoms with Crippen LogP contribution in [0.1, 0.15) is 21.5 Å². The van der Waals surface area contributed by atoms with Crippen molar-refractivity contribution in [1.29, 1.82) is 0 Å². The molecule has 0 saturated carbocycles. The number of hydrogen-bond donors (Lipinski definition) is 3. The lowest BCUT2D eigenvalue weighted by Crippen LogP contribution is -2.12. The second-order valence-corrected chi connectivity index (χ2v) is 5.74. The highest BCUT2D eigenvalue weighted by Gasteiger charge is 2.19. The standard InChI is InChI=1S/C19H16N2O2/c1-11-14-3-2-4-16-17(14)15(9-10-20-11)18(21-16)12-5-7-13(8-6-12)19(22)23/h2-8,20-21H,1,9-10H2,(H,22,23). The highest BCUT2D eigenvalue weighted by molar-refractivity contribution is 5.99. The normalized spacial score (nSPS) is 13.7. The molecule has 1 aliphatic heterocycles. The Hall–Kier alpha value is -3.01. The van der Waals surface area contributed by atoms with Crippen LogP contribution in [0.2, 0.25) is 0 Å². The van der Waals surface area contributed by atoms with Gasteiger partial charge in [0.05, 0.1) is 5.56 Å². The first kappa shape index (κ1) is 13.6. The Morgan fingerprint density at radius 2 is 1.91 bits per heavy atom. The summed E-state index contributed by atoms with van der Waals surface area (Å²) >= 11 is 0. The van der Waals surface area contributed by atoms with E-state index in [1.165, 1.54) is 10.9 Å². The molecular weight excluding hydrogens is 288 g/mol. The number of carboxylic acids is 1. The van der Waals surface area contributed by atoms with Crippen LogP contribution >= 0.6 is 0 Å². The SMILES string of the molecule is C=C1NCCc2c(-c3ccc(C(=O)O)cc3)[nH]c3cccc1c23. The fraction of sp³-hybridized carbons (Fsp3) is 0.105. The lowest BCUT2D eigenvalue weighted by molar-refractivity contribution is 0.0697. The predicted octanol–water partition coefficient (Wildman–Crippen LogP) is 3.65. The van der Waals surface area contributed by atoms with Crippen LogP contribution in [0.25, 0.3) is 27.9 Å². The molecule has 114 valence electrons. The van der Waals surface area contributed by atoms with E-state index < -0.39 is 5.97 Å². The molecule has 0 bridgehead atoms. The van der Waals surface area contributed by atoms with Gasteiger partial charge in [0.15, 0.2) is 0 Å². The molecule has 1 aliphatic rings. The van der Waals surface area contributed by atoms with Gasteiger partial charge < -0.3 is 15.4 Å². The van der Waals surface area contributed by atoms with Crippen molar-refractivity contribution in [2.75, 3.05) is 6.54 Å². The highest BCUT2D eigenvalue weighted by Crippen LogP contribution is 2.36. The van der Waals surface area contributed by atoms with E-state index in [4.69, 9.17) is 5.11 Å². The van der Waals surface area contributed by atoms with E-state index in [2.05, 4.69) is 29.0 Å². The largest absolute Gasteiger partial charge is 0.478 e. The molecule has 4 rings (SSSR count). The number of H-pyrrole nitrogens is 1. The molecule has 0 unspecified atom stereocenters. The van der Waals surface area contributed by atoms with Crippen LogP contribution in [-0.4, -0.2) is 22.6 Å². The van der Waals surface area contributed by atoms with Crippen LogP contribution in [-0.2, 0) is 6.42 Å². The molecule has 2 aromatic carbocycles. The zero-order chi connectivity index (χ0) is 16.0. The first-order valence-corrected chi connectivity index (χ1v) is 7.55. The van der Waals surface area contributed by atoms with Gasteiger partial charge in [-0.3, -0.25) is 0 Å². The maximum absolute atomic E-state index is 11.0. The molecule has 0 radical (unpaired) electrons. The van der Waals surface area contributed by atoms with Gasteiger partial charge in [0.1, 0.15) is 0 Å². The summed E-state index contributed by atoms with van der Waals surface area (Å²) in [6.45, 7) is 4.95. The monoisotopic (exact) mass is 304 g/mol. The summed E-state index contributed by atoms with van der Waals surface area (Å²) in [5.74, 6) is -0.908. The van der Waals surface area contributed by atoms with Gasteiger partial charge in [-0.05, 0) is 35.7 Å². The number of carbonyl (C=O) groups is 1.